The van der Waals surface area contributed by atoms with Gasteiger partial charge in [-0.25, -0.2) is 8.42 Å². The Kier molecular flexibility index (Phi) is 5.92. The molecule has 0 spiro atoms. The van der Waals surface area contributed by atoms with Crippen LogP contribution in [0, 0.1) is 10.1 Å². The molecule has 1 unspecified atom stereocenters. The van der Waals surface area contributed by atoms with Crippen LogP contribution in [-0.2, 0) is 14.8 Å². The second kappa shape index (κ2) is 8.64. The Bertz CT molecular complexity index is 1070. The smallest absolute Gasteiger partial charge is 0.289 e. The fourth-order valence-corrected chi connectivity index (χ4v) is 6.07. The van der Waals surface area contributed by atoms with Gasteiger partial charge in [-0.2, -0.15) is 4.31 Å². The molecule has 164 valence electrons. The van der Waals surface area contributed by atoms with Gasteiger partial charge in [0.2, 0.25) is 5.91 Å². The van der Waals surface area contributed by atoms with Crippen molar-refractivity contribution in [1.82, 2.24) is 9.21 Å². The van der Waals surface area contributed by atoms with E-state index in [2.05, 4.69) is 4.90 Å². The summed E-state index contributed by atoms with van der Waals surface area (Å²) in [5.74, 6) is -0.229. The van der Waals surface area contributed by atoms with Gasteiger partial charge in [0.1, 0.15) is 6.04 Å². The van der Waals surface area contributed by atoms with Gasteiger partial charge in [0, 0.05) is 44.5 Å². The van der Waals surface area contributed by atoms with Crippen LogP contribution in [0.15, 0.2) is 59.5 Å². The molecule has 2 heterocycles. The normalized spacial score (nSPS) is 20.1. The molecule has 0 radical (unpaired) electrons. The highest BCUT2D eigenvalue weighted by atomic mass is 32.2. The van der Waals surface area contributed by atoms with Gasteiger partial charge in [-0.05, 0) is 31.0 Å². The van der Waals surface area contributed by atoms with E-state index in [1.165, 1.54) is 24.3 Å². The number of rotatable bonds is 5. The van der Waals surface area contributed by atoms with E-state index in [4.69, 9.17) is 0 Å². The van der Waals surface area contributed by atoms with Crippen molar-refractivity contribution in [2.45, 2.75) is 23.8 Å². The summed E-state index contributed by atoms with van der Waals surface area (Å²) in [5.41, 5.74) is 0.619. The quantitative estimate of drug-likeness (QED) is 0.517. The van der Waals surface area contributed by atoms with Crippen molar-refractivity contribution in [2.75, 3.05) is 37.6 Å². The molecular weight excluding hydrogens is 420 g/mol. The molecule has 2 aromatic carbocycles. The van der Waals surface area contributed by atoms with Gasteiger partial charge >= 0.3 is 0 Å². The third-order valence-corrected chi connectivity index (χ3v) is 7.81. The number of anilines is 1. The molecule has 4 rings (SSSR count). The van der Waals surface area contributed by atoms with Gasteiger partial charge in [0.15, 0.2) is 4.90 Å². The molecule has 2 fully saturated rings. The Morgan fingerprint density at radius 1 is 0.935 bits per heavy atom. The molecule has 0 N–H and O–H groups in total. The van der Waals surface area contributed by atoms with E-state index >= 15 is 0 Å². The summed E-state index contributed by atoms with van der Waals surface area (Å²) in [6, 6.07) is 14.4. The van der Waals surface area contributed by atoms with Crippen LogP contribution in [0.1, 0.15) is 12.8 Å². The van der Waals surface area contributed by atoms with Crippen molar-refractivity contribution in [1.29, 1.82) is 0 Å². The number of nitro groups is 1. The molecule has 9 nitrogen and oxygen atoms in total. The minimum atomic E-state index is -4.17. The lowest BCUT2D eigenvalue weighted by molar-refractivity contribution is -0.387. The van der Waals surface area contributed by atoms with E-state index in [1.807, 2.05) is 30.3 Å². The van der Waals surface area contributed by atoms with Gasteiger partial charge in [-0.1, -0.05) is 30.3 Å². The number of hydrogen-bond acceptors (Lipinski definition) is 6. The fourth-order valence-electron chi connectivity index (χ4n) is 4.26. The van der Waals surface area contributed by atoms with E-state index in [1.54, 1.807) is 4.90 Å². The van der Waals surface area contributed by atoms with Crippen molar-refractivity contribution >= 4 is 27.3 Å². The van der Waals surface area contributed by atoms with Crippen molar-refractivity contribution in [3.05, 3.63) is 64.7 Å². The number of amides is 1. The third-order valence-electron chi connectivity index (χ3n) is 5.85. The van der Waals surface area contributed by atoms with Crippen LogP contribution in [0.4, 0.5) is 11.4 Å². The van der Waals surface area contributed by atoms with Crippen molar-refractivity contribution in [3.8, 4) is 0 Å². The maximum Gasteiger partial charge on any atom is 0.289 e. The van der Waals surface area contributed by atoms with Gasteiger partial charge in [0.05, 0.1) is 4.92 Å². The molecule has 31 heavy (non-hydrogen) atoms. The predicted octanol–water partition coefficient (Wildman–Crippen LogP) is 2.10. The maximum atomic E-state index is 13.2. The Labute approximate surface area is 181 Å². The predicted molar refractivity (Wildman–Crippen MR) is 115 cm³/mol. The van der Waals surface area contributed by atoms with Crippen LogP contribution in [0.3, 0.4) is 0 Å². The van der Waals surface area contributed by atoms with E-state index in [0.717, 1.165) is 9.99 Å². The molecule has 1 amide bonds. The first-order valence-corrected chi connectivity index (χ1v) is 11.7. The first kappa shape index (κ1) is 21.3. The van der Waals surface area contributed by atoms with Gasteiger partial charge < -0.3 is 9.80 Å². The summed E-state index contributed by atoms with van der Waals surface area (Å²) in [4.78, 5) is 27.4. The molecule has 0 aliphatic carbocycles. The number of carbonyl (C=O) groups is 1. The minimum absolute atomic E-state index is 0.175. The summed E-state index contributed by atoms with van der Waals surface area (Å²) in [5, 5.41) is 11.3. The highest BCUT2D eigenvalue weighted by Gasteiger charge is 2.43. The highest BCUT2D eigenvalue weighted by molar-refractivity contribution is 7.89. The molecule has 2 aliphatic rings. The van der Waals surface area contributed by atoms with Crippen LogP contribution in [0.5, 0.6) is 0 Å². The van der Waals surface area contributed by atoms with E-state index < -0.39 is 26.7 Å². The Morgan fingerprint density at radius 2 is 1.58 bits per heavy atom. The van der Waals surface area contributed by atoms with Gasteiger partial charge in [0.25, 0.3) is 15.7 Å². The van der Waals surface area contributed by atoms with E-state index in [-0.39, 0.29) is 17.3 Å². The second-order valence-corrected chi connectivity index (χ2v) is 9.51. The lowest BCUT2D eigenvalue weighted by atomic mass is 10.1. The Balaban J connectivity index is 1.50. The lowest BCUT2D eigenvalue weighted by Gasteiger charge is -2.38. The zero-order valence-electron chi connectivity index (χ0n) is 17.0. The standard InChI is InChI=1S/C21H24N4O5S/c26-21(23-15-13-22(14-16-23)17-7-2-1-3-8-17)19-10-6-12-24(19)31(29,30)20-11-5-4-9-18(20)25(27)28/h1-5,7-9,11,19H,6,10,12-16H2. The number of carbonyl (C=O) groups excluding carboxylic acids is 1. The first-order chi connectivity index (χ1) is 14.9. The number of para-hydroxylation sites is 2. The number of hydrogen-bond donors (Lipinski definition) is 0. The molecule has 1 atom stereocenters. The van der Waals surface area contributed by atoms with Crippen molar-refractivity contribution < 1.29 is 18.1 Å². The van der Waals surface area contributed by atoms with Crippen LogP contribution in [-0.4, -0.2) is 67.2 Å². The van der Waals surface area contributed by atoms with E-state index in [0.29, 0.717) is 39.0 Å². The second-order valence-electron chi connectivity index (χ2n) is 7.65. The molecule has 10 heteroatoms. The average Bonchev–Trinajstić information content (AvgIpc) is 3.30. The zero-order valence-corrected chi connectivity index (χ0v) is 17.8. The number of sulfonamides is 1. The molecule has 2 aromatic rings. The largest absolute Gasteiger partial charge is 0.368 e. The lowest BCUT2D eigenvalue weighted by Crippen LogP contribution is -2.54. The summed E-state index contributed by atoms with van der Waals surface area (Å²) >= 11 is 0. The summed E-state index contributed by atoms with van der Waals surface area (Å²) < 4.78 is 27.6. The van der Waals surface area contributed by atoms with Crippen LogP contribution in [0.25, 0.3) is 0 Å². The van der Waals surface area contributed by atoms with Crippen LogP contribution >= 0.6 is 0 Å². The summed E-state index contributed by atoms with van der Waals surface area (Å²) in [6.07, 6.45) is 0.956. The third kappa shape index (κ3) is 4.13. The fraction of sp³-hybridized carbons (Fsp3) is 0.381. The van der Waals surface area contributed by atoms with Crippen molar-refractivity contribution in [2.24, 2.45) is 0 Å². The minimum Gasteiger partial charge on any atom is -0.368 e. The Hall–Kier alpha value is -2.98. The SMILES string of the molecule is O=C(C1CCCN1S(=O)(=O)c1ccccc1[N+](=O)[O-])N1CCN(c2ccccc2)CC1. The Morgan fingerprint density at radius 3 is 2.26 bits per heavy atom. The van der Waals surface area contributed by atoms with Gasteiger partial charge in [-0.15, -0.1) is 0 Å². The highest BCUT2D eigenvalue weighted by Crippen LogP contribution is 2.32. The number of benzene rings is 2. The number of nitrogens with zero attached hydrogens (tertiary/aromatic N) is 4. The summed E-state index contributed by atoms with van der Waals surface area (Å²) in [7, 11) is -4.17. The molecule has 0 saturated carbocycles. The maximum absolute atomic E-state index is 13.2. The van der Waals surface area contributed by atoms with Crippen LogP contribution < -0.4 is 4.90 Å². The van der Waals surface area contributed by atoms with E-state index in [9.17, 15) is 23.3 Å². The molecule has 2 aliphatic heterocycles. The molecule has 2 saturated heterocycles. The topological polar surface area (TPSA) is 104 Å². The van der Waals surface area contributed by atoms with Crippen LogP contribution in [0.2, 0.25) is 0 Å². The first-order valence-electron chi connectivity index (χ1n) is 10.2. The molecular formula is C21H24N4O5S. The monoisotopic (exact) mass is 444 g/mol. The number of piperazine rings is 1. The molecule has 0 aromatic heterocycles. The molecule has 0 bridgehead atoms. The average molecular weight is 445 g/mol. The van der Waals surface area contributed by atoms with Crippen molar-refractivity contribution in [3.63, 3.8) is 0 Å². The number of nitro benzene ring substituents is 1. The zero-order chi connectivity index (χ0) is 22.0. The van der Waals surface area contributed by atoms with Gasteiger partial charge in [-0.3, -0.25) is 14.9 Å². The summed E-state index contributed by atoms with van der Waals surface area (Å²) in [6.45, 7) is 2.51.